The molecule has 0 fully saturated rings. The van der Waals surface area contributed by atoms with Gasteiger partial charge in [-0.25, -0.2) is 4.98 Å². The van der Waals surface area contributed by atoms with Gasteiger partial charge < -0.3 is 9.47 Å². The van der Waals surface area contributed by atoms with Gasteiger partial charge in [0.25, 0.3) is 5.91 Å². The van der Waals surface area contributed by atoms with Gasteiger partial charge in [-0.2, -0.15) is 0 Å². The molecule has 26 heavy (non-hydrogen) atoms. The van der Waals surface area contributed by atoms with E-state index in [1.54, 1.807) is 23.5 Å². The van der Waals surface area contributed by atoms with E-state index >= 15 is 0 Å². The van der Waals surface area contributed by atoms with Gasteiger partial charge in [-0.15, -0.1) is 10.2 Å². The van der Waals surface area contributed by atoms with Gasteiger partial charge in [0.1, 0.15) is 17.3 Å². The second-order valence-corrected chi connectivity index (χ2v) is 6.94. The van der Waals surface area contributed by atoms with Crippen molar-refractivity contribution in [2.45, 2.75) is 25.8 Å². The van der Waals surface area contributed by atoms with E-state index in [0.29, 0.717) is 17.3 Å². The maximum Gasteiger partial charge on any atom is 0.259 e. The number of nitrogens with zero attached hydrogens (tertiary/aromatic N) is 5. The lowest BCUT2D eigenvalue weighted by Crippen LogP contribution is -2.23. The Kier molecular flexibility index (Phi) is 4.20. The Balaban J connectivity index is 1.60. The minimum Gasteiger partial charge on any atom is -0.321 e. The van der Waals surface area contributed by atoms with Crippen LogP contribution >= 0.6 is 11.6 Å². The zero-order valence-corrected chi connectivity index (χ0v) is 15.3. The van der Waals surface area contributed by atoms with Gasteiger partial charge in [0.15, 0.2) is 0 Å². The Morgan fingerprint density at radius 1 is 1.31 bits per heavy atom. The van der Waals surface area contributed by atoms with Crippen molar-refractivity contribution in [1.29, 1.82) is 0 Å². The molecule has 0 N–H and O–H groups in total. The average molecular weight is 368 g/mol. The summed E-state index contributed by atoms with van der Waals surface area (Å²) in [5.74, 6) is 1.15. The minimum absolute atomic E-state index is 0.0394. The van der Waals surface area contributed by atoms with E-state index in [1.165, 1.54) is 0 Å². The van der Waals surface area contributed by atoms with Crippen LogP contribution < -0.4 is 4.90 Å². The fourth-order valence-electron chi connectivity index (χ4n) is 3.28. The number of amides is 1. The fraction of sp³-hybridized carbons (Fsp3) is 0.263. The van der Waals surface area contributed by atoms with Crippen LogP contribution in [0, 0.1) is 0 Å². The van der Waals surface area contributed by atoms with Crippen molar-refractivity contribution in [3.05, 3.63) is 70.5 Å². The molecule has 0 radical (unpaired) electrons. The van der Waals surface area contributed by atoms with Crippen LogP contribution in [0.5, 0.6) is 0 Å². The number of hydrogen-bond donors (Lipinski definition) is 0. The summed E-state index contributed by atoms with van der Waals surface area (Å²) in [6.07, 6.45) is 4.06. The lowest BCUT2D eigenvalue weighted by molar-refractivity contribution is 0.0996. The SMILES string of the molecule is C[C@H](Cc1nncn1C)c1cccc(N2Cc3c(ccnc3Cl)C2=O)c1. The second kappa shape index (κ2) is 6.53. The summed E-state index contributed by atoms with van der Waals surface area (Å²) in [6, 6.07) is 9.79. The van der Waals surface area contributed by atoms with Gasteiger partial charge in [0, 0.05) is 36.5 Å². The van der Waals surface area contributed by atoms with E-state index in [4.69, 9.17) is 11.6 Å². The van der Waals surface area contributed by atoms with Gasteiger partial charge in [-0.05, 0) is 29.7 Å². The molecule has 3 heterocycles. The molecule has 2 aromatic heterocycles. The highest BCUT2D eigenvalue weighted by atomic mass is 35.5. The highest BCUT2D eigenvalue weighted by Crippen LogP contribution is 2.33. The van der Waals surface area contributed by atoms with Gasteiger partial charge in [0.2, 0.25) is 0 Å². The van der Waals surface area contributed by atoms with Crippen molar-refractivity contribution in [2.24, 2.45) is 7.05 Å². The number of aryl methyl sites for hydroxylation is 1. The molecule has 0 saturated heterocycles. The first-order chi connectivity index (χ1) is 12.5. The molecule has 7 heteroatoms. The second-order valence-electron chi connectivity index (χ2n) is 6.58. The molecule has 1 aliphatic rings. The third-order valence-electron chi connectivity index (χ3n) is 4.84. The highest BCUT2D eigenvalue weighted by Gasteiger charge is 2.30. The third-order valence-corrected chi connectivity index (χ3v) is 5.17. The number of rotatable bonds is 4. The Hall–Kier alpha value is -2.73. The summed E-state index contributed by atoms with van der Waals surface area (Å²) in [5, 5.41) is 8.48. The summed E-state index contributed by atoms with van der Waals surface area (Å²) in [4.78, 5) is 18.6. The number of fused-ring (bicyclic) bond motifs is 1. The van der Waals surface area contributed by atoms with Crippen LogP contribution in [0.25, 0.3) is 0 Å². The van der Waals surface area contributed by atoms with Crippen molar-refractivity contribution >= 4 is 23.2 Å². The smallest absolute Gasteiger partial charge is 0.259 e. The zero-order chi connectivity index (χ0) is 18.3. The molecule has 1 aromatic carbocycles. The van der Waals surface area contributed by atoms with E-state index in [1.807, 2.05) is 23.7 Å². The summed E-state index contributed by atoms with van der Waals surface area (Å²) in [5.41, 5.74) is 3.43. The third kappa shape index (κ3) is 2.86. The molecule has 1 amide bonds. The number of pyridine rings is 1. The lowest BCUT2D eigenvalue weighted by Gasteiger charge is -2.19. The molecule has 6 nitrogen and oxygen atoms in total. The lowest BCUT2D eigenvalue weighted by atomic mass is 9.97. The first-order valence-electron chi connectivity index (χ1n) is 8.42. The molecule has 4 rings (SSSR count). The highest BCUT2D eigenvalue weighted by molar-refractivity contribution is 6.31. The largest absolute Gasteiger partial charge is 0.321 e. The van der Waals surface area contributed by atoms with Crippen molar-refractivity contribution < 1.29 is 4.79 Å². The van der Waals surface area contributed by atoms with E-state index < -0.39 is 0 Å². The monoisotopic (exact) mass is 367 g/mol. The first-order valence-corrected chi connectivity index (χ1v) is 8.80. The summed E-state index contributed by atoms with van der Waals surface area (Å²) >= 11 is 6.16. The predicted molar refractivity (Wildman–Crippen MR) is 99.3 cm³/mol. The van der Waals surface area contributed by atoms with Crippen LogP contribution in [0.3, 0.4) is 0 Å². The number of anilines is 1. The van der Waals surface area contributed by atoms with Crippen molar-refractivity contribution in [2.75, 3.05) is 4.90 Å². The Labute approximate surface area is 156 Å². The minimum atomic E-state index is -0.0394. The normalized spacial score (nSPS) is 14.6. The average Bonchev–Trinajstić information content (AvgIpc) is 3.20. The molecule has 0 spiro atoms. The van der Waals surface area contributed by atoms with Gasteiger partial charge >= 0.3 is 0 Å². The molecule has 0 saturated carbocycles. The topological polar surface area (TPSA) is 63.9 Å². The molecule has 0 bridgehead atoms. The number of hydrogen-bond acceptors (Lipinski definition) is 4. The molecule has 0 unspecified atom stereocenters. The standard InChI is InChI=1S/C19H18ClN5O/c1-12(8-17-23-22-11-24(17)2)13-4-3-5-14(9-13)25-10-16-15(19(25)26)6-7-21-18(16)20/h3-7,9,11-12H,8,10H2,1-2H3/t12-/m1/s1. The molecule has 132 valence electrons. The number of halogens is 1. The number of carbonyl (C=O) groups is 1. The molecule has 3 aromatic rings. The van der Waals surface area contributed by atoms with Crippen LogP contribution in [0.2, 0.25) is 5.15 Å². The van der Waals surface area contributed by atoms with Gasteiger partial charge in [-0.1, -0.05) is 30.7 Å². The first kappa shape index (κ1) is 16.7. The van der Waals surface area contributed by atoms with Crippen molar-refractivity contribution in [3.63, 3.8) is 0 Å². The molecule has 1 atom stereocenters. The zero-order valence-electron chi connectivity index (χ0n) is 14.6. The van der Waals surface area contributed by atoms with Crippen molar-refractivity contribution in [1.82, 2.24) is 19.7 Å². The van der Waals surface area contributed by atoms with Crippen LogP contribution in [0.1, 0.15) is 40.2 Å². The number of carbonyl (C=O) groups excluding carboxylic acids is 1. The Morgan fingerprint density at radius 3 is 2.88 bits per heavy atom. The fourth-order valence-corrected chi connectivity index (χ4v) is 3.50. The predicted octanol–water partition coefficient (Wildman–Crippen LogP) is 3.37. The van der Waals surface area contributed by atoms with Crippen LogP contribution in [-0.4, -0.2) is 25.7 Å². The summed E-state index contributed by atoms with van der Waals surface area (Å²) in [7, 11) is 1.94. The number of benzene rings is 1. The molecule has 1 aliphatic heterocycles. The summed E-state index contributed by atoms with van der Waals surface area (Å²) in [6.45, 7) is 2.59. The quantitative estimate of drug-likeness (QED) is 0.663. The van der Waals surface area contributed by atoms with E-state index in [-0.39, 0.29) is 11.8 Å². The maximum atomic E-state index is 12.7. The van der Waals surface area contributed by atoms with Crippen molar-refractivity contribution in [3.8, 4) is 0 Å². The number of aromatic nitrogens is 4. The van der Waals surface area contributed by atoms with Crippen LogP contribution in [0.15, 0.2) is 42.9 Å². The van der Waals surface area contributed by atoms with Crippen LogP contribution in [-0.2, 0) is 20.0 Å². The van der Waals surface area contributed by atoms with Gasteiger partial charge in [-0.3, -0.25) is 4.79 Å². The Bertz CT molecular complexity index is 984. The van der Waals surface area contributed by atoms with Gasteiger partial charge in [0.05, 0.1) is 6.54 Å². The molecular formula is C19H18ClN5O. The van der Waals surface area contributed by atoms with Crippen LogP contribution in [0.4, 0.5) is 5.69 Å². The maximum absolute atomic E-state index is 12.7. The molecular weight excluding hydrogens is 350 g/mol. The van der Waals surface area contributed by atoms with E-state index in [0.717, 1.165) is 29.1 Å². The van der Waals surface area contributed by atoms with E-state index in [2.05, 4.69) is 34.2 Å². The van der Waals surface area contributed by atoms with E-state index in [9.17, 15) is 4.79 Å². The molecule has 0 aliphatic carbocycles. The Morgan fingerprint density at radius 2 is 2.15 bits per heavy atom. The summed E-state index contributed by atoms with van der Waals surface area (Å²) < 4.78 is 1.93.